The summed E-state index contributed by atoms with van der Waals surface area (Å²) in [6, 6.07) is 6.40. The second kappa shape index (κ2) is 5.40. The van der Waals surface area contributed by atoms with E-state index in [-0.39, 0.29) is 17.6 Å². The van der Waals surface area contributed by atoms with Crippen molar-refractivity contribution in [3.63, 3.8) is 0 Å². The molecule has 1 unspecified atom stereocenters. The molecule has 2 aromatic rings. The van der Waals surface area contributed by atoms with Crippen LogP contribution in [0.5, 0.6) is 0 Å². The number of pyridine rings is 1. The molecule has 3 heterocycles. The molecule has 0 aliphatic carbocycles. The Morgan fingerprint density at radius 3 is 2.95 bits per heavy atom. The summed E-state index contributed by atoms with van der Waals surface area (Å²) in [5, 5.41) is 8.96. The number of hydrogen-bond acceptors (Lipinski definition) is 4. The summed E-state index contributed by atoms with van der Waals surface area (Å²) in [5.74, 6) is -0.583. The van der Waals surface area contributed by atoms with Crippen molar-refractivity contribution in [2.75, 3.05) is 6.54 Å². The van der Waals surface area contributed by atoms with Gasteiger partial charge in [0.05, 0.1) is 12.3 Å². The molecule has 2 aromatic heterocycles. The van der Waals surface area contributed by atoms with Crippen LogP contribution in [-0.2, 0) is 0 Å². The van der Waals surface area contributed by atoms with Crippen LogP contribution in [0.2, 0.25) is 0 Å². The predicted octanol–water partition coefficient (Wildman–Crippen LogP) is 2.35. The minimum Gasteiger partial charge on any atom is -0.477 e. The molecule has 108 valence electrons. The molecule has 0 aromatic carbocycles. The standard InChI is InChI=1S/C15H14N2O4/c18-14(10-5-6-16-11(9-10)15(19)20)17-7-1-3-12(17)13-4-2-8-21-13/h2,4-6,8-9,12H,1,3,7H2,(H,19,20). The van der Waals surface area contributed by atoms with Gasteiger partial charge in [-0.1, -0.05) is 0 Å². The smallest absolute Gasteiger partial charge is 0.354 e. The summed E-state index contributed by atoms with van der Waals surface area (Å²) < 4.78 is 5.40. The fourth-order valence-corrected chi connectivity index (χ4v) is 2.63. The molecule has 0 spiro atoms. The summed E-state index contributed by atoms with van der Waals surface area (Å²) in [6.07, 6.45) is 4.67. The average Bonchev–Trinajstić information content (AvgIpc) is 3.17. The van der Waals surface area contributed by atoms with Gasteiger partial charge in [-0.05, 0) is 37.1 Å². The molecule has 1 amide bonds. The highest BCUT2D eigenvalue weighted by molar-refractivity contribution is 5.97. The quantitative estimate of drug-likeness (QED) is 0.936. The monoisotopic (exact) mass is 286 g/mol. The van der Waals surface area contributed by atoms with Crippen LogP contribution >= 0.6 is 0 Å². The van der Waals surface area contributed by atoms with Crippen molar-refractivity contribution in [3.8, 4) is 0 Å². The maximum Gasteiger partial charge on any atom is 0.354 e. The van der Waals surface area contributed by atoms with Crippen molar-refractivity contribution in [1.29, 1.82) is 0 Å². The Hall–Kier alpha value is -2.63. The van der Waals surface area contributed by atoms with Gasteiger partial charge in [-0.2, -0.15) is 0 Å². The van der Waals surface area contributed by atoms with Crippen molar-refractivity contribution in [3.05, 3.63) is 53.7 Å². The molecule has 1 saturated heterocycles. The van der Waals surface area contributed by atoms with Crippen molar-refractivity contribution in [2.24, 2.45) is 0 Å². The van der Waals surface area contributed by atoms with E-state index >= 15 is 0 Å². The van der Waals surface area contributed by atoms with Crippen molar-refractivity contribution >= 4 is 11.9 Å². The Bertz CT molecular complexity index is 666. The van der Waals surface area contributed by atoms with E-state index in [0.29, 0.717) is 12.1 Å². The Kier molecular flexibility index (Phi) is 3.43. The molecule has 1 atom stereocenters. The summed E-state index contributed by atoms with van der Waals surface area (Å²) >= 11 is 0. The molecule has 21 heavy (non-hydrogen) atoms. The van der Waals surface area contributed by atoms with E-state index in [2.05, 4.69) is 4.98 Å². The zero-order valence-electron chi connectivity index (χ0n) is 11.2. The second-order valence-corrected chi connectivity index (χ2v) is 4.91. The van der Waals surface area contributed by atoms with Crippen LogP contribution in [0.3, 0.4) is 0 Å². The van der Waals surface area contributed by atoms with Gasteiger partial charge in [0.25, 0.3) is 5.91 Å². The van der Waals surface area contributed by atoms with E-state index in [0.717, 1.165) is 18.6 Å². The summed E-state index contributed by atoms with van der Waals surface area (Å²) in [6.45, 7) is 0.634. The van der Waals surface area contributed by atoms with E-state index in [1.807, 2.05) is 6.07 Å². The first kappa shape index (κ1) is 13.4. The van der Waals surface area contributed by atoms with Crippen LogP contribution < -0.4 is 0 Å². The third-order valence-electron chi connectivity index (χ3n) is 3.61. The number of carbonyl (C=O) groups is 2. The van der Waals surface area contributed by atoms with E-state index < -0.39 is 5.97 Å². The zero-order valence-corrected chi connectivity index (χ0v) is 11.2. The van der Waals surface area contributed by atoms with Gasteiger partial charge in [0.15, 0.2) is 0 Å². The number of nitrogens with zero attached hydrogens (tertiary/aromatic N) is 2. The molecule has 1 N–H and O–H groups in total. The number of carboxylic acids is 1. The summed E-state index contributed by atoms with van der Waals surface area (Å²) in [7, 11) is 0. The number of likely N-dealkylation sites (tertiary alicyclic amines) is 1. The third-order valence-corrected chi connectivity index (χ3v) is 3.61. The van der Waals surface area contributed by atoms with E-state index in [1.54, 1.807) is 17.2 Å². The Labute approximate surface area is 121 Å². The van der Waals surface area contributed by atoms with E-state index in [4.69, 9.17) is 9.52 Å². The topological polar surface area (TPSA) is 83.6 Å². The van der Waals surface area contributed by atoms with Gasteiger partial charge in [0.1, 0.15) is 11.5 Å². The molecule has 0 bridgehead atoms. The highest BCUT2D eigenvalue weighted by Gasteiger charge is 2.32. The van der Waals surface area contributed by atoms with Gasteiger partial charge in [-0.25, -0.2) is 9.78 Å². The molecule has 0 saturated carbocycles. The number of rotatable bonds is 3. The normalized spacial score (nSPS) is 17.9. The lowest BCUT2D eigenvalue weighted by Crippen LogP contribution is -2.30. The Balaban J connectivity index is 1.87. The van der Waals surface area contributed by atoms with Crippen LogP contribution in [0.4, 0.5) is 0 Å². The molecule has 1 aliphatic rings. The molecular weight excluding hydrogens is 272 g/mol. The summed E-state index contributed by atoms with van der Waals surface area (Å²) in [5.41, 5.74) is 0.204. The predicted molar refractivity (Wildman–Crippen MR) is 72.9 cm³/mol. The maximum absolute atomic E-state index is 12.6. The minimum absolute atomic E-state index is 0.0889. The zero-order chi connectivity index (χ0) is 14.8. The molecule has 3 rings (SSSR count). The van der Waals surface area contributed by atoms with Crippen LogP contribution in [0.1, 0.15) is 45.5 Å². The van der Waals surface area contributed by atoms with Crippen LogP contribution in [-0.4, -0.2) is 33.4 Å². The Morgan fingerprint density at radius 1 is 1.38 bits per heavy atom. The van der Waals surface area contributed by atoms with Crippen molar-refractivity contribution in [1.82, 2.24) is 9.88 Å². The van der Waals surface area contributed by atoms with Crippen LogP contribution in [0, 0.1) is 0 Å². The van der Waals surface area contributed by atoms with Crippen LogP contribution in [0.25, 0.3) is 0 Å². The van der Waals surface area contributed by atoms with Crippen LogP contribution in [0.15, 0.2) is 41.1 Å². The van der Waals surface area contributed by atoms with Gasteiger partial charge >= 0.3 is 5.97 Å². The molecule has 6 nitrogen and oxygen atoms in total. The lowest BCUT2D eigenvalue weighted by molar-refractivity contribution is 0.0690. The number of carbonyl (C=O) groups excluding carboxylic acids is 1. The second-order valence-electron chi connectivity index (χ2n) is 4.91. The maximum atomic E-state index is 12.6. The van der Waals surface area contributed by atoms with Crippen molar-refractivity contribution in [2.45, 2.75) is 18.9 Å². The fraction of sp³-hybridized carbons (Fsp3) is 0.267. The Morgan fingerprint density at radius 2 is 2.24 bits per heavy atom. The van der Waals surface area contributed by atoms with Gasteiger partial charge in [0.2, 0.25) is 0 Å². The minimum atomic E-state index is -1.14. The fourth-order valence-electron chi connectivity index (χ4n) is 2.63. The number of carboxylic acid groups (broad SMARTS) is 1. The number of aromatic carboxylic acids is 1. The number of aromatic nitrogens is 1. The lowest BCUT2D eigenvalue weighted by atomic mass is 10.1. The number of amides is 1. The average molecular weight is 286 g/mol. The molecule has 6 heteroatoms. The number of furan rings is 1. The molecule has 0 radical (unpaired) electrons. The van der Waals surface area contributed by atoms with Gasteiger partial charge in [-0.15, -0.1) is 0 Å². The van der Waals surface area contributed by atoms with Gasteiger partial charge < -0.3 is 14.4 Å². The van der Waals surface area contributed by atoms with Gasteiger partial charge in [-0.3, -0.25) is 4.79 Å². The van der Waals surface area contributed by atoms with Gasteiger partial charge in [0, 0.05) is 18.3 Å². The highest BCUT2D eigenvalue weighted by atomic mass is 16.4. The number of hydrogen-bond donors (Lipinski definition) is 1. The van der Waals surface area contributed by atoms with E-state index in [1.165, 1.54) is 18.3 Å². The first-order valence-electron chi connectivity index (χ1n) is 6.70. The van der Waals surface area contributed by atoms with Crippen molar-refractivity contribution < 1.29 is 19.1 Å². The third kappa shape index (κ3) is 2.52. The largest absolute Gasteiger partial charge is 0.477 e. The lowest BCUT2D eigenvalue weighted by Gasteiger charge is -2.23. The molecule has 1 fully saturated rings. The summed E-state index contributed by atoms with van der Waals surface area (Å²) in [4.78, 5) is 29.0. The molecular formula is C15H14N2O4. The highest BCUT2D eigenvalue weighted by Crippen LogP contribution is 2.33. The first-order chi connectivity index (χ1) is 10.2. The SMILES string of the molecule is O=C(O)c1cc(C(=O)N2CCCC2c2ccco2)ccn1. The first-order valence-corrected chi connectivity index (χ1v) is 6.70. The van der Waals surface area contributed by atoms with E-state index in [9.17, 15) is 9.59 Å². The molecule has 1 aliphatic heterocycles.